The van der Waals surface area contributed by atoms with E-state index in [0.717, 1.165) is 25.7 Å². The maximum absolute atomic E-state index is 13.1. The highest BCUT2D eigenvalue weighted by molar-refractivity contribution is 5.52. The maximum atomic E-state index is 13.1. The zero-order valence-electron chi connectivity index (χ0n) is 9.99. The van der Waals surface area contributed by atoms with Crippen molar-refractivity contribution in [3.05, 3.63) is 24.0 Å². The molecule has 94 valence electrons. The van der Waals surface area contributed by atoms with E-state index >= 15 is 0 Å². The van der Waals surface area contributed by atoms with Gasteiger partial charge in [0, 0.05) is 13.2 Å². The first-order chi connectivity index (χ1) is 8.20. The van der Waals surface area contributed by atoms with Crippen LogP contribution in [0, 0.1) is 5.82 Å². The van der Waals surface area contributed by atoms with Crippen LogP contribution < -0.4 is 10.5 Å². The van der Waals surface area contributed by atoms with Crippen LogP contribution in [-0.2, 0) is 4.74 Å². The van der Waals surface area contributed by atoms with Gasteiger partial charge in [-0.15, -0.1) is 0 Å². The molecule has 2 rings (SSSR count). The second-order valence-corrected chi connectivity index (χ2v) is 4.40. The normalized spacial score (nSPS) is 24.6. The number of methoxy groups -OCH3 is 1. The molecule has 1 aromatic carbocycles. The summed E-state index contributed by atoms with van der Waals surface area (Å²) >= 11 is 0. The van der Waals surface area contributed by atoms with E-state index in [-0.39, 0.29) is 18.0 Å². The van der Waals surface area contributed by atoms with Crippen molar-refractivity contribution in [1.29, 1.82) is 0 Å². The van der Waals surface area contributed by atoms with Crippen LogP contribution in [0.3, 0.4) is 0 Å². The molecule has 0 saturated heterocycles. The summed E-state index contributed by atoms with van der Waals surface area (Å²) in [7, 11) is 1.68. The summed E-state index contributed by atoms with van der Waals surface area (Å²) in [4.78, 5) is 0. The first kappa shape index (κ1) is 12.2. The lowest BCUT2D eigenvalue weighted by molar-refractivity contribution is -0.0227. The van der Waals surface area contributed by atoms with Crippen LogP contribution >= 0.6 is 0 Å². The fourth-order valence-electron chi connectivity index (χ4n) is 2.24. The van der Waals surface area contributed by atoms with E-state index in [1.54, 1.807) is 7.11 Å². The lowest BCUT2D eigenvalue weighted by Gasteiger charge is -2.31. The molecular weight excluding hydrogens is 221 g/mol. The topological polar surface area (TPSA) is 44.5 Å². The van der Waals surface area contributed by atoms with Crippen molar-refractivity contribution in [2.75, 3.05) is 12.8 Å². The molecule has 1 unspecified atom stereocenters. The summed E-state index contributed by atoms with van der Waals surface area (Å²) in [5, 5.41) is 0. The molecule has 0 aliphatic heterocycles. The minimum absolute atomic E-state index is 0.0298. The van der Waals surface area contributed by atoms with Gasteiger partial charge in [-0.25, -0.2) is 4.39 Å². The molecule has 1 aliphatic carbocycles. The summed E-state index contributed by atoms with van der Waals surface area (Å²) in [5.41, 5.74) is 6.23. The van der Waals surface area contributed by atoms with Gasteiger partial charge in [0.1, 0.15) is 17.7 Å². The van der Waals surface area contributed by atoms with E-state index < -0.39 is 0 Å². The molecule has 1 aliphatic rings. The molecule has 17 heavy (non-hydrogen) atoms. The predicted octanol–water partition coefficient (Wildman–Crippen LogP) is 2.74. The summed E-state index contributed by atoms with van der Waals surface area (Å²) in [6, 6.07) is 4.18. The predicted molar refractivity (Wildman–Crippen MR) is 64.5 cm³/mol. The van der Waals surface area contributed by atoms with Gasteiger partial charge in [-0.1, -0.05) is 6.42 Å². The van der Waals surface area contributed by atoms with Gasteiger partial charge in [-0.3, -0.25) is 0 Å². The molecule has 0 radical (unpaired) electrons. The highest BCUT2D eigenvalue weighted by Gasteiger charge is 2.27. The van der Waals surface area contributed by atoms with E-state index in [1.807, 2.05) is 0 Å². The Morgan fingerprint density at radius 2 is 1.94 bits per heavy atom. The summed E-state index contributed by atoms with van der Waals surface area (Å²) in [6.07, 6.45) is 4.21. The van der Waals surface area contributed by atoms with E-state index in [4.69, 9.17) is 15.2 Å². The van der Waals surface area contributed by atoms with Crippen molar-refractivity contribution in [1.82, 2.24) is 0 Å². The average molecular weight is 239 g/mol. The number of benzene rings is 1. The van der Waals surface area contributed by atoms with Crippen molar-refractivity contribution in [2.45, 2.75) is 37.9 Å². The number of hydrogen-bond donors (Lipinski definition) is 1. The molecule has 0 aromatic heterocycles. The molecular formula is C13H18FNO2. The molecule has 2 N–H and O–H groups in total. The molecule has 2 atom stereocenters. The smallest absolute Gasteiger partial charge is 0.145 e. The van der Waals surface area contributed by atoms with E-state index in [9.17, 15) is 4.39 Å². The molecule has 0 amide bonds. The lowest BCUT2D eigenvalue weighted by Crippen LogP contribution is -2.36. The van der Waals surface area contributed by atoms with Gasteiger partial charge >= 0.3 is 0 Å². The second-order valence-electron chi connectivity index (χ2n) is 4.40. The Bertz CT molecular complexity index is 384. The van der Waals surface area contributed by atoms with Gasteiger partial charge in [-0.05, 0) is 31.4 Å². The number of ether oxygens (including phenoxy) is 2. The number of halogens is 1. The van der Waals surface area contributed by atoms with Crippen LogP contribution in [0.2, 0.25) is 0 Å². The monoisotopic (exact) mass is 239 g/mol. The third kappa shape index (κ3) is 2.88. The lowest BCUT2D eigenvalue weighted by atomic mass is 9.94. The van der Waals surface area contributed by atoms with Gasteiger partial charge < -0.3 is 15.2 Å². The Hall–Kier alpha value is -1.29. The Morgan fingerprint density at radius 1 is 1.24 bits per heavy atom. The molecule has 0 spiro atoms. The number of anilines is 1. The summed E-state index contributed by atoms with van der Waals surface area (Å²) < 4.78 is 24.3. The number of nitrogen functional groups attached to an aromatic ring is 1. The number of nitrogens with two attached hydrogens (primary N) is 1. The van der Waals surface area contributed by atoms with Crippen molar-refractivity contribution in [3.8, 4) is 5.75 Å². The highest BCUT2D eigenvalue weighted by Crippen LogP contribution is 2.29. The van der Waals surface area contributed by atoms with Crippen LogP contribution in [0.5, 0.6) is 5.75 Å². The fraction of sp³-hybridized carbons (Fsp3) is 0.538. The SMILES string of the molecule is CO[C@H]1CCCCC1Oc1cc(F)ccc1N. The summed E-state index contributed by atoms with van der Waals surface area (Å²) in [6.45, 7) is 0. The Labute approximate surface area is 101 Å². The maximum Gasteiger partial charge on any atom is 0.145 e. The Morgan fingerprint density at radius 3 is 2.65 bits per heavy atom. The van der Waals surface area contributed by atoms with Gasteiger partial charge in [0.15, 0.2) is 0 Å². The van der Waals surface area contributed by atoms with Crippen molar-refractivity contribution in [2.24, 2.45) is 0 Å². The van der Waals surface area contributed by atoms with Gasteiger partial charge in [0.05, 0.1) is 11.8 Å². The zero-order valence-corrected chi connectivity index (χ0v) is 9.99. The first-order valence-corrected chi connectivity index (χ1v) is 5.95. The average Bonchev–Trinajstić information content (AvgIpc) is 2.34. The molecule has 1 saturated carbocycles. The third-order valence-corrected chi connectivity index (χ3v) is 3.20. The van der Waals surface area contributed by atoms with Crippen LogP contribution in [0.1, 0.15) is 25.7 Å². The van der Waals surface area contributed by atoms with E-state index in [0.29, 0.717) is 11.4 Å². The number of hydrogen-bond acceptors (Lipinski definition) is 3. The van der Waals surface area contributed by atoms with Crippen LogP contribution in [0.4, 0.5) is 10.1 Å². The highest BCUT2D eigenvalue weighted by atomic mass is 19.1. The molecule has 0 heterocycles. The summed E-state index contributed by atoms with van der Waals surface area (Å²) in [5.74, 6) is 0.0814. The van der Waals surface area contributed by atoms with Crippen LogP contribution in [0.15, 0.2) is 18.2 Å². The third-order valence-electron chi connectivity index (χ3n) is 3.20. The van der Waals surface area contributed by atoms with Gasteiger partial charge in [0.25, 0.3) is 0 Å². The van der Waals surface area contributed by atoms with E-state index in [1.165, 1.54) is 18.2 Å². The van der Waals surface area contributed by atoms with Gasteiger partial charge in [-0.2, -0.15) is 0 Å². The quantitative estimate of drug-likeness (QED) is 0.825. The minimum atomic E-state index is -0.334. The van der Waals surface area contributed by atoms with Crippen molar-refractivity contribution < 1.29 is 13.9 Å². The zero-order chi connectivity index (χ0) is 12.3. The first-order valence-electron chi connectivity index (χ1n) is 5.95. The minimum Gasteiger partial charge on any atom is -0.485 e. The van der Waals surface area contributed by atoms with Crippen molar-refractivity contribution >= 4 is 5.69 Å². The largest absolute Gasteiger partial charge is 0.485 e. The molecule has 0 bridgehead atoms. The van der Waals surface area contributed by atoms with E-state index in [2.05, 4.69) is 0 Å². The number of rotatable bonds is 3. The van der Waals surface area contributed by atoms with Crippen LogP contribution in [0.25, 0.3) is 0 Å². The van der Waals surface area contributed by atoms with Crippen LogP contribution in [-0.4, -0.2) is 19.3 Å². The molecule has 4 heteroatoms. The molecule has 1 aromatic rings. The van der Waals surface area contributed by atoms with Gasteiger partial charge in [0.2, 0.25) is 0 Å². The molecule has 3 nitrogen and oxygen atoms in total. The Kier molecular flexibility index (Phi) is 3.84. The molecule has 1 fully saturated rings. The standard InChI is InChI=1S/C13H18FNO2/c1-16-11-4-2-3-5-12(11)17-13-8-9(14)6-7-10(13)15/h6-8,11-12H,2-5,15H2,1H3/t11-,12?/m0/s1. The fourth-order valence-corrected chi connectivity index (χ4v) is 2.24. The second kappa shape index (κ2) is 5.36. The van der Waals surface area contributed by atoms with Crippen molar-refractivity contribution in [3.63, 3.8) is 0 Å². The Balaban J connectivity index is 2.10.